The topological polar surface area (TPSA) is 57.5 Å². The summed E-state index contributed by atoms with van der Waals surface area (Å²) in [5, 5.41) is 1.38. The zero-order valence-electron chi connectivity index (χ0n) is 18.7. The van der Waals surface area contributed by atoms with E-state index in [0.717, 1.165) is 27.6 Å². The highest BCUT2D eigenvalue weighted by Gasteiger charge is 2.34. The molecule has 0 saturated carbocycles. The Kier molecular flexibility index (Phi) is 5.86. The molecule has 5 heteroatoms. The first kappa shape index (κ1) is 21.8. The first-order valence-corrected chi connectivity index (χ1v) is 10.00. The Morgan fingerprint density at radius 3 is 2.23 bits per heavy atom. The lowest BCUT2D eigenvalue weighted by molar-refractivity contribution is -0.165. The van der Waals surface area contributed by atoms with Gasteiger partial charge in [-0.1, -0.05) is 42.0 Å². The Bertz CT molecular complexity index is 1170. The van der Waals surface area contributed by atoms with E-state index in [4.69, 9.17) is 9.47 Å². The summed E-state index contributed by atoms with van der Waals surface area (Å²) in [6.45, 7) is 9.69. The van der Waals surface area contributed by atoms with Crippen LogP contribution in [0.15, 0.2) is 47.3 Å². The summed E-state index contributed by atoms with van der Waals surface area (Å²) in [5.41, 5.74) is 3.65. The minimum absolute atomic E-state index is 0.180. The van der Waals surface area contributed by atoms with Crippen molar-refractivity contribution in [2.24, 2.45) is 7.05 Å². The zero-order chi connectivity index (χ0) is 22.2. The molecule has 158 valence electrons. The summed E-state index contributed by atoms with van der Waals surface area (Å²) in [6.07, 6.45) is -1.05. The lowest BCUT2D eigenvalue weighted by Crippen LogP contribution is -2.33. The van der Waals surface area contributed by atoms with Crippen molar-refractivity contribution in [1.82, 2.24) is 4.57 Å². The third-order valence-corrected chi connectivity index (χ3v) is 5.14. The van der Waals surface area contributed by atoms with Gasteiger partial charge in [-0.2, -0.15) is 0 Å². The Morgan fingerprint density at radius 1 is 1.03 bits per heavy atom. The molecule has 1 unspecified atom stereocenters. The number of ether oxygens (including phenoxy) is 2. The van der Waals surface area contributed by atoms with Gasteiger partial charge < -0.3 is 14.0 Å². The van der Waals surface area contributed by atoms with Crippen molar-refractivity contribution in [2.75, 3.05) is 7.11 Å². The molecule has 1 heterocycles. The fraction of sp³-hybridized carbons (Fsp3) is 0.360. The fourth-order valence-corrected chi connectivity index (χ4v) is 3.84. The number of methoxy groups -OCH3 is 1. The highest BCUT2D eigenvalue weighted by molar-refractivity contribution is 5.99. The smallest absolute Gasteiger partial charge is 0.341 e. The Balaban J connectivity index is 2.50. The van der Waals surface area contributed by atoms with Crippen LogP contribution in [0.2, 0.25) is 0 Å². The van der Waals surface area contributed by atoms with E-state index >= 15 is 0 Å². The number of esters is 1. The molecule has 2 aromatic carbocycles. The van der Waals surface area contributed by atoms with Crippen LogP contribution in [-0.4, -0.2) is 23.2 Å². The van der Waals surface area contributed by atoms with E-state index in [1.165, 1.54) is 11.7 Å². The predicted octanol–water partition coefficient (Wildman–Crippen LogP) is 4.85. The van der Waals surface area contributed by atoms with Crippen molar-refractivity contribution < 1.29 is 14.3 Å². The number of hydrogen-bond donors (Lipinski definition) is 0. The maximum absolute atomic E-state index is 13.2. The van der Waals surface area contributed by atoms with E-state index in [9.17, 15) is 9.59 Å². The third kappa shape index (κ3) is 4.03. The molecule has 0 bridgehead atoms. The van der Waals surface area contributed by atoms with Gasteiger partial charge in [0.15, 0.2) is 6.10 Å². The normalized spacial score (nSPS) is 12.8. The molecule has 30 heavy (non-hydrogen) atoms. The SMILES string of the molecule is COC(=O)C(OC(C)(C)C)c1c(-c2ccc(C)cc2C)c2ccccc2c(=O)n1C. The molecule has 3 aromatic rings. The number of aryl methyl sites for hydroxylation is 2. The van der Waals surface area contributed by atoms with Crippen LogP contribution < -0.4 is 5.56 Å². The molecule has 0 fully saturated rings. The number of pyridine rings is 1. The number of benzene rings is 2. The van der Waals surface area contributed by atoms with Gasteiger partial charge in [0.25, 0.3) is 5.56 Å². The van der Waals surface area contributed by atoms with Crippen LogP contribution in [-0.2, 0) is 21.3 Å². The second-order valence-corrected chi connectivity index (χ2v) is 8.62. The van der Waals surface area contributed by atoms with Crippen LogP contribution in [0.5, 0.6) is 0 Å². The Hall–Kier alpha value is -2.92. The van der Waals surface area contributed by atoms with E-state index in [0.29, 0.717) is 11.1 Å². The summed E-state index contributed by atoms with van der Waals surface area (Å²) >= 11 is 0. The minimum Gasteiger partial charge on any atom is -0.467 e. The zero-order valence-corrected chi connectivity index (χ0v) is 18.7. The van der Waals surface area contributed by atoms with Gasteiger partial charge in [0.2, 0.25) is 0 Å². The maximum Gasteiger partial charge on any atom is 0.341 e. The number of hydrogen-bond acceptors (Lipinski definition) is 4. The molecular weight excluding hydrogens is 378 g/mol. The number of rotatable bonds is 4. The predicted molar refractivity (Wildman–Crippen MR) is 120 cm³/mol. The monoisotopic (exact) mass is 407 g/mol. The van der Waals surface area contributed by atoms with Gasteiger partial charge in [0.1, 0.15) is 0 Å². The van der Waals surface area contributed by atoms with Crippen LogP contribution >= 0.6 is 0 Å². The van der Waals surface area contributed by atoms with Crippen LogP contribution in [0.1, 0.15) is 43.7 Å². The van der Waals surface area contributed by atoms with Crippen LogP contribution in [0.4, 0.5) is 0 Å². The standard InChI is InChI=1S/C25H29NO4/c1-15-12-13-17(16(2)14-15)20-18-10-8-9-11-19(18)23(27)26(6)21(20)22(24(28)29-7)30-25(3,4)5/h8-14,22H,1-7H3. The van der Waals surface area contributed by atoms with Crippen molar-refractivity contribution >= 4 is 16.7 Å². The van der Waals surface area contributed by atoms with Gasteiger partial charge in [0.05, 0.1) is 18.4 Å². The van der Waals surface area contributed by atoms with Crippen molar-refractivity contribution in [3.8, 4) is 11.1 Å². The van der Waals surface area contributed by atoms with E-state index < -0.39 is 17.7 Å². The Labute approximate surface area is 177 Å². The summed E-state index contributed by atoms with van der Waals surface area (Å²) in [5.74, 6) is -0.541. The van der Waals surface area contributed by atoms with E-state index in [2.05, 4.69) is 6.07 Å². The van der Waals surface area contributed by atoms with Gasteiger partial charge in [-0.05, 0) is 57.2 Å². The summed E-state index contributed by atoms with van der Waals surface area (Å²) in [6, 6.07) is 13.6. The number of nitrogens with zero attached hydrogens (tertiary/aromatic N) is 1. The van der Waals surface area contributed by atoms with Gasteiger partial charge in [-0.3, -0.25) is 4.79 Å². The number of carbonyl (C=O) groups excluding carboxylic acids is 1. The van der Waals surface area contributed by atoms with E-state index in [1.54, 1.807) is 7.05 Å². The lowest BCUT2D eigenvalue weighted by Gasteiger charge is -2.29. The highest BCUT2D eigenvalue weighted by atomic mass is 16.6. The highest BCUT2D eigenvalue weighted by Crippen LogP contribution is 2.38. The van der Waals surface area contributed by atoms with Gasteiger partial charge in [-0.15, -0.1) is 0 Å². The van der Waals surface area contributed by atoms with Crippen molar-refractivity contribution in [3.05, 3.63) is 69.6 Å². The Morgan fingerprint density at radius 2 is 1.67 bits per heavy atom. The minimum atomic E-state index is -1.05. The third-order valence-electron chi connectivity index (χ3n) is 5.14. The second-order valence-electron chi connectivity index (χ2n) is 8.62. The molecule has 0 amide bonds. The fourth-order valence-electron chi connectivity index (χ4n) is 3.84. The summed E-state index contributed by atoms with van der Waals surface area (Å²) < 4.78 is 12.8. The van der Waals surface area contributed by atoms with Gasteiger partial charge in [-0.25, -0.2) is 4.79 Å². The maximum atomic E-state index is 13.2. The number of carbonyl (C=O) groups is 1. The molecule has 5 nitrogen and oxygen atoms in total. The van der Waals surface area contributed by atoms with Crippen LogP contribution in [0, 0.1) is 13.8 Å². The first-order chi connectivity index (χ1) is 14.0. The molecule has 0 saturated heterocycles. The van der Waals surface area contributed by atoms with Crippen LogP contribution in [0.3, 0.4) is 0 Å². The molecular formula is C25H29NO4. The van der Waals surface area contributed by atoms with Gasteiger partial charge in [0, 0.05) is 18.0 Å². The van der Waals surface area contributed by atoms with Gasteiger partial charge >= 0.3 is 5.97 Å². The van der Waals surface area contributed by atoms with Crippen molar-refractivity contribution in [2.45, 2.75) is 46.3 Å². The second kappa shape index (κ2) is 8.07. The number of fused-ring (bicyclic) bond motifs is 1. The molecule has 0 radical (unpaired) electrons. The average Bonchev–Trinajstić information content (AvgIpc) is 2.68. The van der Waals surface area contributed by atoms with Crippen molar-refractivity contribution in [1.29, 1.82) is 0 Å². The largest absolute Gasteiger partial charge is 0.467 e. The van der Waals surface area contributed by atoms with E-state index in [-0.39, 0.29) is 5.56 Å². The molecule has 0 spiro atoms. The number of aromatic nitrogens is 1. The molecule has 0 aliphatic rings. The molecule has 0 aliphatic carbocycles. The summed E-state index contributed by atoms with van der Waals surface area (Å²) in [4.78, 5) is 26.1. The first-order valence-electron chi connectivity index (χ1n) is 10.00. The molecule has 1 atom stereocenters. The van der Waals surface area contributed by atoms with Crippen molar-refractivity contribution in [3.63, 3.8) is 0 Å². The quantitative estimate of drug-likeness (QED) is 0.580. The molecule has 1 aromatic heterocycles. The van der Waals surface area contributed by atoms with Crippen LogP contribution in [0.25, 0.3) is 21.9 Å². The molecule has 0 N–H and O–H groups in total. The molecule has 3 rings (SSSR count). The molecule has 0 aliphatic heterocycles. The lowest BCUT2D eigenvalue weighted by atomic mass is 9.91. The average molecular weight is 408 g/mol. The van der Waals surface area contributed by atoms with E-state index in [1.807, 2.05) is 71.0 Å². The summed E-state index contributed by atoms with van der Waals surface area (Å²) in [7, 11) is 3.01.